The highest BCUT2D eigenvalue weighted by atomic mass is 16.6. The predicted molar refractivity (Wildman–Crippen MR) is 132 cm³/mol. The van der Waals surface area contributed by atoms with Gasteiger partial charge in [-0.05, 0) is 45.4 Å². The average Bonchev–Trinajstić information content (AvgIpc) is 3.34. The lowest BCUT2D eigenvalue weighted by Gasteiger charge is -2.19. The zero-order valence-corrected chi connectivity index (χ0v) is 20.6. The first-order chi connectivity index (χ1) is 16.6. The fourth-order valence-corrected chi connectivity index (χ4v) is 3.93. The molecule has 0 fully saturated rings. The number of H-pyrrole nitrogens is 1. The molecule has 0 spiro atoms. The Bertz CT molecular complexity index is 1420. The number of methoxy groups -OCH3 is 1. The topological polar surface area (TPSA) is 136 Å². The Morgan fingerprint density at radius 3 is 2.66 bits per heavy atom. The highest BCUT2D eigenvalue weighted by molar-refractivity contribution is 6.03. The second-order valence-electron chi connectivity index (χ2n) is 9.05. The van der Waals surface area contributed by atoms with Gasteiger partial charge in [0.2, 0.25) is 0 Å². The van der Waals surface area contributed by atoms with Crippen LogP contribution in [-0.4, -0.2) is 63.1 Å². The van der Waals surface area contributed by atoms with Crippen molar-refractivity contribution in [2.24, 2.45) is 0 Å². The summed E-state index contributed by atoms with van der Waals surface area (Å²) in [5, 5.41) is 12.4. The molecule has 0 aliphatic rings. The number of hydrogen-bond donors (Lipinski definition) is 3. The van der Waals surface area contributed by atoms with E-state index in [0.717, 1.165) is 27.5 Å². The number of nitrogens with one attached hydrogen (secondary N) is 3. The summed E-state index contributed by atoms with van der Waals surface area (Å²) in [5.41, 5.74) is 3.71. The van der Waals surface area contributed by atoms with Crippen LogP contribution in [0.1, 0.15) is 36.7 Å². The van der Waals surface area contributed by atoms with Crippen molar-refractivity contribution in [3.63, 3.8) is 0 Å². The van der Waals surface area contributed by atoms with Crippen molar-refractivity contribution in [1.29, 1.82) is 0 Å². The van der Waals surface area contributed by atoms with E-state index >= 15 is 0 Å². The molecule has 1 aromatic carbocycles. The molecule has 4 rings (SSSR count). The quantitative estimate of drug-likeness (QED) is 0.357. The molecule has 184 valence electrons. The molecule has 1 amide bonds. The third kappa shape index (κ3) is 4.75. The van der Waals surface area contributed by atoms with E-state index in [-0.39, 0.29) is 0 Å². The fourth-order valence-electron chi connectivity index (χ4n) is 3.93. The van der Waals surface area contributed by atoms with Gasteiger partial charge in [0.1, 0.15) is 23.4 Å². The summed E-state index contributed by atoms with van der Waals surface area (Å²) in [4.78, 5) is 36.3. The normalized spacial score (nSPS) is 11.6. The van der Waals surface area contributed by atoms with Gasteiger partial charge in [0, 0.05) is 24.5 Å². The number of alkyl carbamates (subject to hydrolysis) is 1. The van der Waals surface area contributed by atoms with Crippen LogP contribution in [0.5, 0.6) is 0 Å². The monoisotopic (exact) mass is 479 g/mol. The number of aryl methyl sites for hydroxylation is 1. The Balaban J connectivity index is 1.74. The number of anilines is 1. The zero-order valence-electron chi connectivity index (χ0n) is 20.6. The summed E-state index contributed by atoms with van der Waals surface area (Å²) in [6.45, 7) is 8.11. The number of rotatable bonds is 6. The summed E-state index contributed by atoms with van der Waals surface area (Å²) in [6.07, 6.45) is 0.977. The molecule has 3 aromatic heterocycles. The molecule has 35 heavy (non-hydrogen) atoms. The van der Waals surface area contributed by atoms with E-state index in [1.165, 1.54) is 13.4 Å². The molecule has 0 bridgehead atoms. The number of carbonyl (C=O) groups excluding carboxylic acids is 2. The van der Waals surface area contributed by atoms with E-state index in [0.29, 0.717) is 35.8 Å². The Morgan fingerprint density at radius 1 is 1.20 bits per heavy atom. The van der Waals surface area contributed by atoms with Gasteiger partial charge in [-0.3, -0.25) is 0 Å². The number of carbonyl (C=O) groups is 2. The van der Waals surface area contributed by atoms with Gasteiger partial charge in [-0.15, -0.1) is 0 Å². The molecule has 0 aliphatic heterocycles. The summed E-state index contributed by atoms with van der Waals surface area (Å²) >= 11 is 0. The lowest BCUT2D eigenvalue weighted by atomic mass is 10.1. The van der Waals surface area contributed by atoms with Gasteiger partial charge in [-0.1, -0.05) is 6.07 Å². The van der Waals surface area contributed by atoms with Crippen LogP contribution < -0.4 is 10.6 Å². The Labute approximate surface area is 202 Å². The predicted octanol–water partition coefficient (Wildman–Crippen LogP) is 3.64. The van der Waals surface area contributed by atoms with E-state index in [2.05, 4.69) is 25.6 Å². The van der Waals surface area contributed by atoms with Crippen molar-refractivity contribution in [1.82, 2.24) is 30.0 Å². The van der Waals surface area contributed by atoms with E-state index in [1.807, 2.05) is 33.8 Å². The minimum atomic E-state index is -0.578. The van der Waals surface area contributed by atoms with Crippen LogP contribution >= 0.6 is 0 Å². The lowest BCUT2D eigenvalue weighted by molar-refractivity contribution is 0.0524. The molecule has 11 nitrogen and oxygen atoms in total. The van der Waals surface area contributed by atoms with E-state index in [4.69, 9.17) is 14.6 Å². The first kappa shape index (κ1) is 24.0. The van der Waals surface area contributed by atoms with Crippen molar-refractivity contribution >= 4 is 39.8 Å². The molecule has 0 aliphatic carbocycles. The molecule has 0 saturated carbocycles. The molecule has 0 saturated heterocycles. The number of nitrogens with zero attached hydrogens (tertiary/aromatic N) is 4. The Hall–Kier alpha value is -4.15. The smallest absolute Gasteiger partial charge is 0.407 e. The van der Waals surface area contributed by atoms with Crippen LogP contribution in [-0.2, 0) is 16.0 Å². The van der Waals surface area contributed by atoms with Crippen molar-refractivity contribution in [3.8, 4) is 11.4 Å². The third-order valence-electron chi connectivity index (χ3n) is 5.47. The molecular weight excluding hydrogens is 450 g/mol. The number of fused-ring (bicyclic) bond motifs is 2. The highest BCUT2D eigenvalue weighted by Crippen LogP contribution is 2.35. The van der Waals surface area contributed by atoms with E-state index in [1.54, 1.807) is 23.9 Å². The van der Waals surface area contributed by atoms with Crippen LogP contribution in [0.4, 0.5) is 10.6 Å². The van der Waals surface area contributed by atoms with Crippen LogP contribution in [0.25, 0.3) is 33.3 Å². The average molecular weight is 480 g/mol. The number of esters is 1. The number of amides is 1. The summed E-state index contributed by atoms with van der Waals surface area (Å²) in [6, 6.07) is 5.38. The van der Waals surface area contributed by atoms with Crippen LogP contribution in [0.3, 0.4) is 0 Å². The van der Waals surface area contributed by atoms with Gasteiger partial charge in [0.25, 0.3) is 0 Å². The Kier molecular flexibility index (Phi) is 6.33. The van der Waals surface area contributed by atoms with Gasteiger partial charge in [-0.2, -0.15) is 5.10 Å². The number of ether oxygens (including phenoxy) is 2. The van der Waals surface area contributed by atoms with E-state index in [9.17, 15) is 9.59 Å². The fraction of sp³-hybridized carbons (Fsp3) is 0.375. The van der Waals surface area contributed by atoms with Gasteiger partial charge >= 0.3 is 12.1 Å². The van der Waals surface area contributed by atoms with Crippen molar-refractivity contribution in [2.75, 3.05) is 26.0 Å². The molecular formula is C24H29N7O4. The largest absolute Gasteiger partial charge is 0.465 e. The van der Waals surface area contributed by atoms with Gasteiger partial charge < -0.3 is 25.1 Å². The maximum absolute atomic E-state index is 12.0. The molecule has 0 radical (unpaired) electrons. The molecule has 0 atom stereocenters. The molecule has 3 heterocycles. The number of hydrogen-bond acceptors (Lipinski definition) is 8. The first-order valence-corrected chi connectivity index (χ1v) is 11.2. The first-order valence-electron chi connectivity index (χ1n) is 11.2. The highest BCUT2D eigenvalue weighted by Gasteiger charge is 2.22. The standard InChI is InChI=1S/C24H29N7O4/c1-13-15-8-7-14(22(32)34-6)11-16(15)29-18(13)19-17-20(25-5)27-12-28-21(17)31(30-19)10-9-26-23(33)35-24(2,3)4/h7-8,11-12,29H,9-10H2,1-6H3,(H,26,33)(H,25,27,28). The van der Waals surface area contributed by atoms with Gasteiger partial charge in [0.15, 0.2) is 5.65 Å². The summed E-state index contributed by atoms with van der Waals surface area (Å²) in [7, 11) is 3.14. The van der Waals surface area contributed by atoms with Crippen molar-refractivity contribution < 1.29 is 19.1 Å². The minimum Gasteiger partial charge on any atom is -0.465 e. The minimum absolute atomic E-state index is 0.304. The molecule has 11 heteroatoms. The second kappa shape index (κ2) is 9.24. The van der Waals surface area contributed by atoms with Crippen LogP contribution in [0.15, 0.2) is 24.5 Å². The van der Waals surface area contributed by atoms with Crippen molar-refractivity contribution in [2.45, 2.75) is 39.8 Å². The third-order valence-corrected chi connectivity index (χ3v) is 5.47. The van der Waals surface area contributed by atoms with Crippen LogP contribution in [0.2, 0.25) is 0 Å². The van der Waals surface area contributed by atoms with E-state index < -0.39 is 17.7 Å². The van der Waals surface area contributed by atoms with Crippen molar-refractivity contribution in [3.05, 3.63) is 35.7 Å². The maximum atomic E-state index is 12.0. The van der Waals surface area contributed by atoms with Gasteiger partial charge in [0.05, 0.1) is 30.3 Å². The summed E-state index contributed by atoms with van der Waals surface area (Å²) in [5.74, 6) is 0.225. The molecule has 3 N–H and O–H groups in total. The second-order valence-corrected chi connectivity index (χ2v) is 9.05. The Morgan fingerprint density at radius 2 is 1.97 bits per heavy atom. The van der Waals surface area contributed by atoms with Gasteiger partial charge in [-0.25, -0.2) is 24.2 Å². The number of aromatic amines is 1. The molecule has 0 unspecified atom stereocenters. The van der Waals surface area contributed by atoms with Crippen LogP contribution in [0, 0.1) is 6.92 Å². The SMILES string of the molecule is CNc1ncnc2c1c(-c1[nH]c3cc(C(=O)OC)ccc3c1C)nn2CCNC(=O)OC(C)(C)C. The number of aromatic nitrogens is 5. The molecule has 4 aromatic rings. The lowest BCUT2D eigenvalue weighted by Crippen LogP contribution is -2.34. The number of benzene rings is 1. The maximum Gasteiger partial charge on any atom is 0.407 e. The summed E-state index contributed by atoms with van der Waals surface area (Å²) < 4.78 is 11.9. The zero-order chi connectivity index (χ0) is 25.3.